The van der Waals surface area contributed by atoms with Gasteiger partial charge in [0, 0.05) is 24.8 Å². The molecule has 0 spiro atoms. The van der Waals surface area contributed by atoms with E-state index in [0.717, 1.165) is 11.1 Å². The van der Waals surface area contributed by atoms with Gasteiger partial charge in [-0.25, -0.2) is 4.79 Å². The number of rotatable bonds is 4. The topological polar surface area (TPSA) is 70.2 Å². The fourth-order valence-electron chi connectivity index (χ4n) is 2.04. The van der Waals surface area contributed by atoms with Gasteiger partial charge >= 0.3 is 6.03 Å². The quantitative estimate of drug-likeness (QED) is 0.810. The number of benzene rings is 2. The first-order chi connectivity index (χ1) is 10.5. The second-order valence-corrected chi connectivity index (χ2v) is 5.00. The van der Waals surface area contributed by atoms with Crippen molar-refractivity contribution in [2.45, 2.75) is 20.4 Å². The summed E-state index contributed by atoms with van der Waals surface area (Å²) in [6, 6.07) is 14.6. The van der Waals surface area contributed by atoms with Gasteiger partial charge in [0.15, 0.2) is 0 Å². The third-order valence-electron chi connectivity index (χ3n) is 3.14. The van der Waals surface area contributed by atoms with Gasteiger partial charge < -0.3 is 16.0 Å². The number of carbonyl (C=O) groups excluding carboxylic acids is 2. The molecule has 114 valence electrons. The van der Waals surface area contributed by atoms with Crippen LogP contribution < -0.4 is 16.0 Å². The molecule has 0 aliphatic carbocycles. The number of anilines is 2. The average Bonchev–Trinajstić information content (AvgIpc) is 2.46. The van der Waals surface area contributed by atoms with Crippen molar-refractivity contribution in [2.75, 3.05) is 10.6 Å². The van der Waals surface area contributed by atoms with Crippen molar-refractivity contribution in [3.05, 3.63) is 59.7 Å². The van der Waals surface area contributed by atoms with Crippen LogP contribution in [0, 0.1) is 6.92 Å². The predicted molar refractivity (Wildman–Crippen MR) is 87.8 cm³/mol. The SMILES string of the molecule is CC(=O)Nc1cccc(NC(=O)NCc2ccccc2C)c1. The molecule has 0 aliphatic heterocycles. The highest BCUT2D eigenvalue weighted by atomic mass is 16.2. The molecule has 0 fully saturated rings. The summed E-state index contributed by atoms with van der Waals surface area (Å²) in [5.41, 5.74) is 3.47. The second kappa shape index (κ2) is 7.26. The first-order valence-electron chi connectivity index (χ1n) is 7.01. The normalized spacial score (nSPS) is 9.91. The van der Waals surface area contributed by atoms with Crippen LogP contribution in [0.3, 0.4) is 0 Å². The molecule has 0 radical (unpaired) electrons. The van der Waals surface area contributed by atoms with E-state index >= 15 is 0 Å². The van der Waals surface area contributed by atoms with Gasteiger partial charge in [0.05, 0.1) is 0 Å². The Hall–Kier alpha value is -2.82. The summed E-state index contributed by atoms with van der Waals surface area (Å²) < 4.78 is 0. The van der Waals surface area contributed by atoms with Gasteiger partial charge in [-0.3, -0.25) is 4.79 Å². The lowest BCUT2D eigenvalue weighted by atomic mass is 10.1. The maximum Gasteiger partial charge on any atom is 0.319 e. The predicted octanol–water partition coefficient (Wildman–Crippen LogP) is 3.28. The molecule has 22 heavy (non-hydrogen) atoms. The maximum atomic E-state index is 11.9. The average molecular weight is 297 g/mol. The Morgan fingerprint density at radius 2 is 1.64 bits per heavy atom. The van der Waals surface area contributed by atoms with Gasteiger partial charge in [-0.2, -0.15) is 0 Å². The van der Waals surface area contributed by atoms with Crippen molar-refractivity contribution in [3.63, 3.8) is 0 Å². The third-order valence-corrected chi connectivity index (χ3v) is 3.14. The highest BCUT2D eigenvalue weighted by Gasteiger charge is 2.04. The van der Waals surface area contributed by atoms with Crippen LogP contribution in [0.2, 0.25) is 0 Å². The highest BCUT2D eigenvalue weighted by Crippen LogP contribution is 2.15. The van der Waals surface area contributed by atoms with E-state index in [0.29, 0.717) is 17.9 Å². The summed E-state index contributed by atoms with van der Waals surface area (Å²) >= 11 is 0. The van der Waals surface area contributed by atoms with E-state index in [1.165, 1.54) is 6.92 Å². The lowest BCUT2D eigenvalue weighted by Gasteiger charge is -2.10. The van der Waals surface area contributed by atoms with E-state index in [-0.39, 0.29) is 11.9 Å². The van der Waals surface area contributed by atoms with Crippen LogP contribution >= 0.6 is 0 Å². The molecule has 2 rings (SSSR count). The lowest BCUT2D eigenvalue weighted by Crippen LogP contribution is -2.28. The van der Waals surface area contributed by atoms with E-state index in [4.69, 9.17) is 0 Å². The molecular formula is C17H19N3O2. The molecular weight excluding hydrogens is 278 g/mol. The van der Waals surface area contributed by atoms with Crippen LogP contribution in [0.5, 0.6) is 0 Å². The number of hydrogen-bond donors (Lipinski definition) is 3. The molecule has 2 aromatic rings. The molecule has 0 saturated carbocycles. The summed E-state index contributed by atoms with van der Waals surface area (Å²) in [6.45, 7) is 3.91. The van der Waals surface area contributed by atoms with Crippen LogP contribution in [-0.2, 0) is 11.3 Å². The molecule has 0 unspecified atom stereocenters. The van der Waals surface area contributed by atoms with Gasteiger partial charge in [0.25, 0.3) is 0 Å². The van der Waals surface area contributed by atoms with Gasteiger partial charge in [0.1, 0.15) is 0 Å². The standard InChI is InChI=1S/C17H19N3O2/c1-12-6-3-4-7-14(12)11-18-17(22)20-16-9-5-8-15(10-16)19-13(2)21/h3-10H,11H2,1-2H3,(H,19,21)(H2,18,20,22). The molecule has 0 saturated heterocycles. The number of aryl methyl sites for hydroxylation is 1. The lowest BCUT2D eigenvalue weighted by molar-refractivity contribution is -0.114. The number of amides is 3. The zero-order valence-electron chi connectivity index (χ0n) is 12.6. The number of urea groups is 1. The Balaban J connectivity index is 1.92. The van der Waals surface area contributed by atoms with Gasteiger partial charge in [-0.15, -0.1) is 0 Å². The van der Waals surface area contributed by atoms with Gasteiger partial charge in [-0.05, 0) is 36.2 Å². The Morgan fingerprint density at radius 3 is 2.32 bits per heavy atom. The molecule has 3 amide bonds. The van der Waals surface area contributed by atoms with Crippen LogP contribution in [0.1, 0.15) is 18.1 Å². The summed E-state index contributed by atoms with van der Waals surface area (Å²) in [7, 11) is 0. The smallest absolute Gasteiger partial charge is 0.319 e. The molecule has 5 heteroatoms. The Labute approximate surface area is 129 Å². The minimum atomic E-state index is -0.289. The summed E-state index contributed by atoms with van der Waals surface area (Å²) in [5, 5.41) is 8.23. The molecule has 0 atom stereocenters. The van der Waals surface area contributed by atoms with Gasteiger partial charge in [0.2, 0.25) is 5.91 Å². The first-order valence-corrected chi connectivity index (χ1v) is 7.01. The monoisotopic (exact) mass is 297 g/mol. The maximum absolute atomic E-state index is 11.9. The number of carbonyl (C=O) groups is 2. The summed E-state index contributed by atoms with van der Waals surface area (Å²) in [6.07, 6.45) is 0. The molecule has 5 nitrogen and oxygen atoms in total. The number of nitrogens with one attached hydrogen (secondary N) is 3. The molecule has 2 aromatic carbocycles. The fraction of sp³-hybridized carbons (Fsp3) is 0.176. The van der Waals surface area contributed by atoms with E-state index in [2.05, 4.69) is 16.0 Å². The Bertz CT molecular complexity index is 683. The molecule has 0 aromatic heterocycles. The van der Waals surface area contributed by atoms with E-state index in [1.807, 2.05) is 31.2 Å². The summed E-state index contributed by atoms with van der Waals surface area (Å²) in [5.74, 6) is -0.152. The molecule has 3 N–H and O–H groups in total. The van der Waals surface area contributed by atoms with Crippen molar-refractivity contribution in [1.82, 2.24) is 5.32 Å². The van der Waals surface area contributed by atoms with Crippen molar-refractivity contribution in [1.29, 1.82) is 0 Å². The van der Waals surface area contributed by atoms with Gasteiger partial charge in [-0.1, -0.05) is 30.3 Å². The second-order valence-electron chi connectivity index (χ2n) is 5.00. The van der Waals surface area contributed by atoms with Crippen LogP contribution in [0.25, 0.3) is 0 Å². The van der Waals surface area contributed by atoms with Crippen molar-refractivity contribution >= 4 is 23.3 Å². The zero-order chi connectivity index (χ0) is 15.9. The van der Waals surface area contributed by atoms with E-state index < -0.39 is 0 Å². The minimum Gasteiger partial charge on any atom is -0.334 e. The molecule has 0 aliphatic rings. The van der Waals surface area contributed by atoms with Crippen LogP contribution in [0.15, 0.2) is 48.5 Å². The highest BCUT2D eigenvalue weighted by molar-refractivity contribution is 5.92. The Kier molecular flexibility index (Phi) is 5.14. The molecule has 0 bridgehead atoms. The van der Waals surface area contributed by atoms with Crippen LogP contribution in [0.4, 0.5) is 16.2 Å². The van der Waals surface area contributed by atoms with Crippen LogP contribution in [-0.4, -0.2) is 11.9 Å². The fourth-order valence-corrected chi connectivity index (χ4v) is 2.04. The van der Waals surface area contributed by atoms with Crippen molar-refractivity contribution in [2.24, 2.45) is 0 Å². The van der Waals surface area contributed by atoms with Crippen molar-refractivity contribution in [3.8, 4) is 0 Å². The third kappa shape index (κ3) is 4.63. The largest absolute Gasteiger partial charge is 0.334 e. The van der Waals surface area contributed by atoms with E-state index in [1.54, 1.807) is 24.3 Å². The molecule has 0 heterocycles. The van der Waals surface area contributed by atoms with Crippen molar-refractivity contribution < 1.29 is 9.59 Å². The number of hydrogen-bond acceptors (Lipinski definition) is 2. The van der Waals surface area contributed by atoms with E-state index in [9.17, 15) is 9.59 Å². The first kappa shape index (κ1) is 15.6. The summed E-state index contributed by atoms with van der Waals surface area (Å²) in [4.78, 5) is 22.9. The Morgan fingerprint density at radius 1 is 0.955 bits per heavy atom. The zero-order valence-corrected chi connectivity index (χ0v) is 12.6. The minimum absolute atomic E-state index is 0.152.